The number of carbonyl (C=O) groups is 1. The van der Waals surface area contributed by atoms with Crippen LogP contribution in [0.2, 0.25) is 0 Å². The van der Waals surface area contributed by atoms with Gasteiger partial charge >= 0.3 is 0 Å². The normalized spacial score (nSPS) is 11.9. The smallest absolute Gasteiger partial charge is 0.248 e. The lowest BCUT2D eigenvalue weighted by Gasteiger charge is -2.14. The minimum Gasteiger partial charge on any atom is -0.374 e. The molecule has 1 aromatic heterocycles. The molecule has 0 saturated carbocycles. The van der Waals surface area contributed by atoms with Crippen LogP contribution in [-0.2, 0) is 4.79 Å². The molecular weight excluding hydrogens is 246 g/mol. The predicted molar refractivity (Wildman–Crippen MR) is 75.0 cm³/mol. The highest BCUT2D eigenvalue weighted by Gasteiger charge is 2.13. The third kappa shape index (κ3) is 3.30. The second kappa shape index (κ2) is 5.64. The monoisotopic (exact) mass is 261 g/mol. The van der Waals surface area contributed by atoms with Gasteiger partial charge in [0.25, 0.3) is 0 Å². The SMILES string of the molecule is Cc1ccc(N[C@@H](C)C(=O)Nc2nccs2)cc1. The molecule has 0 fully saturated rings. The van der Waals surface area contributed by atoms with Crippen LogP contribution in [0.5, 0.6) is 0 Å². The number of hydrogen-bond donors (Lipinski definition) is 2. The Morgan fingerprint density at radius 3 is 2.67 bits per heavy atom. The van der Waals surface area contributed by atoms with E-state index in [1.807, 2.05) is 43.5 Å². The first-order valence-corrected chi connectivity index (χ1v) is 6.56. The second-order valence-electron chi connectivity index (χ2n) is 4.06. The Morgan fingerprint density at radius 2 is 2.06 bits per heavy atom. The van der Waals surface area contributed by atoms with Gasteiger partial charge in [-0.2, -0.15) is 0 Å². The number of nitrogens with one attached hydrogen (secondary N) is 2. The Balaban J connectivity index is 1.93. The molecule has 0 bridgehead atoms. The lowest BCUT2D eigenvalue weighted by atomic mass is 10.2. The van der Waals surface area contributed by atoms with E-state index in [9.17, 15) is 4.79 Å². The molecule has 5 heteroatoms. The van der Waals surface area contributed by atoms with Crippen molar-refractivity contribution >= 4 is 28.1 Å². The Morgan fingerprint density at radius 1 is 1.33 bits per heavy atom. The first-order chi connectivity index (χ1) is 8.65. The number of aryl methyl sites for hydroxylation is 1. The number of anilines is 2. The van der Waals surface area contributed by atoms with E-state index in [0.29, 0.717) is 5.13 Å². The molecule has 0 aliphatic carbocycles. The van der Waals surface area contributed by atoms with Gasteiger partial charge in [0.15, 0.2) is 5.13 Å². The van der Waals surface area contributed by atoms with Gasteiger partial charge in [0, 0.05) is 17.3 Å². The maximum absolute atomic E-state index is 11.9. The highest BCUT2D eigenvalue weighted by Crippen LogP contribution is 2.13. The molecule has 0 spiro atoms. The van der Waals surface area contributed by atoms with E-state index in [4.69, 9.17) is 0 Å². The van der Waals surface area contributed by atoms with E-state index in [1.165, 1.54) is 16.9 Å². The lowest BCUT2D eigenvalue weighted by Crippen LogP contribution is -2.31. The van der Waals surface area contributed by atoms with Gasteiger partial charge in [-0.15, -0.1) is 11.3 Å². The van der Waals surface area contributed by atoms with Crippen LogP contribution < -0.4 is 10.6 Å². The number of amides is 1. The molecule has 1 amide bonds. The highest BCUT2D eigenvalue weighted by atomic mass is 32.1. The minimum absolute atomic E-state index is 0.0921. The summed E-state index contributed by atoms with van der Waals surface area (Å²) in [5, 5.41) is 8.36. The van der Waals surface area contributed by atoms with Gasteiger partial charge in [0.1, 0.15) is 6.04 Å². The van der Waals surface area contributed by atoms with Crippen molar-refractivity contribution in [2.24, 2.45) is 0 Å². The first kappa shape index (κ1) is 12.6. The van der Waals surface area contributed by atoms with Crippen molar-refractivity contribution in [3.63, 3.8) is 0 Å². The lowest BCUT2D eigenvalue weighted by molar-refractivity contribution is -0.116. The number of hydrogen-bond acceptors (Lipinski definition) is 4. The number of nitrogens with zero attached hydrogens (tertiary/aromatic N) is 1. The Labute approximate surface area is 110 Å². The van der Waals surface area contributed by atoms with E-state index in [-0.39, 0.29) is 11.9 Å². The molecular formula is C13H15N3OS. The van der Waals surface area contributed by atoms with Crippen molar-refractivity contribution in [1.29, 1.82) is 0 Å². The van der Waals surface area contributed by atoms with Crippen LogP contribution in [-0.4, -0.2) is 16.9 Å². The van der Waals surface area contributed by atoms with Gasteiger partial charge in [0.2, 0.25) is 5.91 Å². The molecule has 4 nitrogen and oxygen atoms in total. The van der Waals surface area contributed by atoms with Crippen LogP contribution in [0.25, 0.3) is 0 Å². The van der Waals surface area contributed by atoms with Gasteiger partial charge < -0.3 is 10.6 Å². The fourth-order valence-electron chi connectivity index (χ4n) is 1.46. The van der Waals surface area contributed by atoms with Crippen LogP contribution >= 0.6 is 11.3 Å². The van der Waals surface area contributed by atoms with Gasteiger partial charge in [-0.05, 0) is 26.0 Å². The molecule has 1 aromatic carbocycles. The second-order valence-corrected chi connectivity index (χ2v) is 4.95. The topological polar surface area (TPSA) is 54.0 Å². The van der Waals surface area contributed by atoms with Crippen LogP contribution in [0.3, 0.4) is 0 Å². The molecule has 0 saturated heterocycles. The van der Waals surface area contributed by atoms with Crippen molar-refractivity contribution in [2.75, 3.05) is 10.6 Å². The number of aromatic nitrogens is 1. The summed E-state index contributed by atoms with van der Waals surface area (Å²) in [4.78, 5) is 15.9. The van der Waals surface area contributed by atoms with Crippen LogP contribution in [0, 0.1) is 6.92 Å². The molecule has 18 heavy (non-hydrogen) atoms. The fourth-order valence-corrected chi connectivity index (χ4v) is 2.00. The number of carbonyl (C=O) groups excluding carboxylic acids is 1. The Bertz CT molecular complexity index is 508. The number of benzene rings is 1. The van der Waals surface area contributed by atoms with Gasteiger partial charge in [-0.1, -0.05) is 17.7 Å². The van der Waals surface area contributed by atoms with E-state index >= 15 is 0 Å². The summed E-state index contributed by atoms with van der Waals surface area (Å²) < 4.78 is 0. The minimum atomic E-state index is -0.309. The summed E-state index contributed by atoms with van der Waals surface area (Å²) in [5.41, 5.74) is 2.13. The van der Waals surface area contributed by atoms with Gasteiger partial charge in [0.05, 0.1) is 0 Å². The zero-order chi connectivity index (χ0) is 13.0. The predicted octanol–water partition coefficient (Wildman–Crippen LogP) is 2.89. The van der Waals surface area contributed by atoms with E-state index in [2.05, 4.69) is 15.6 Å². The molecule has 2 aromatic rings. The molecule has 2 rings (SSSR count). The fraction of sp³-hybridized carbons (Fsp3) is 0.231. The van der Waals surface area contributed by atoms with Gasteiger partial charge in [-0.25, -0.2) is 4.98 Å². The summed E-state index contributed by atoms with van der Waals surface area (Å²) in [7, 11) is 0. The van der Waals surface area contributed by atoms with Crippen molar-refractivity contribution in [3.05, 3.63) is 41.4 Å². The molecule has 94 valence electrons. The summed E-state index contributed by atoms with van der Waals surface area (Å²) in [5.74, 6) is -0.0921. The van der Waals surface area contributed by atoms with Crippen LogP contribution in [0.4, 0.5) is 10.8 Å². The van der Waals surface area contributed by atoms with Crippen LogP contribution in [0.1, 0.15) is 12.5 Å². The molecule has 2 N–H and O–H groups in total. The largest absolute Gasteiger partial charge is 0.374 e. The third-order valence-electron chi connectivity index (χ3n) is 2.49. The first-order valence-electron chi connectivity index (χ1n) is 5.69. The molecule has 0 radical (unpaired) electrons. The zero-order valence-electron chi connectivity index (χ0n) is 10.3. The number of rotatable bonds is 4. The van der Waals surface area contributed by atoms with Crippen LogP contribution in [0.15, 0.2) is 35.8 Å². The average Bonchev–Trinajstić information content (AvgIpc) is 2.85. The summed E-state index contributed by atoms with van der Waals surface area (Å²) in [6.45, 7) is 3.85. The Hall–Kier alpha value is -1.88. The zero-order valence-corrected chi connectivity index (χ0v) is 11.1. The maximum atomic E-state index is 11.9. The summed E-state index contributed by atoms with van der Waals surface area (Å²) >= 11 is 1.41. The van der Waals surface area contributed by atoms with Crippen molar-refractivity contribution in [2.45, 2.75) is 19.9 Å². The highest BCUT2D eigenvalue weighted by molar-refractivity contribution is 7.13. The standard InChI is InChI=1S/C13H15N3OS/c1-9-3-5-11(6-4-9)15-10(2)12(17)16-13-14-7-8-18-13/h3-8,10,15H,1-2H3,(H,14,16,17)/t10-/m0/s1. The Kier molecular flexibility index (Phi) is 3.94. The third-order valence-corrected chi connectivity index (χ3v) is 3.18. The quantitative estimate of drug-likeness (QED) is 0.889. The van der Waals surface area contributed by atoms with E-state index < -0.39 is 0 Å². The van der Waals surface area contributed by atoms with E-state index in [0.717, 1.165) is 5.69 Å². The van der Waals surface area contributed by atoms with Crippen molar-refractivity contribution in [1.82, 2.24) is 4.98 Å². The molecule has 1 heterocycles. The van der Waals surface area contributed by atoms with E-state index in [1.54, 1.807) is 6.20 Å². The molecule has 0 aliphatic heterocycles. The average molecular weight is 261 g/mol. The molecule has 0 unspecified atom stereocenters. The van der Waals surface area contributed by atoms with Gasteiger partial charge in [-0.3, -0.25) is 4.79 Å². The van der Waals surface area contributed by atoms with Crippen molar-refractivity contribution < 1.29 is 4.79 Å². The molecule has 0 aliphatic rings. The summed E-state index contributed by atoms with van der Waals surface area (Å²) in [6.07, 6.45) is 1.67. The molecule has 1 atom stereocenters. The van der Waals surface area contributed by atoms with Crippen molar-refractivity contribution in [3.8, 4) is 0 Å². The number of thiazole rings is 1. The maximum Gasteiger partial charge on any atom is 0.248 e. The summed E-state index contributed by atoms with van der Waals surface area (Å²) in [6, 6.07) is 7.63.